The lowest BCUT2D eigenvalue weighted by Crippen LogP contribution is -2.25. The summed E-state index contributed by atoms with van der Waals surface area (Å²) in [5, 5.41) is 6.17. The Balaban J connectivity index is 1.69. The minimum Gasteiger partial charge on any atom is -0.385 e. The highest BCUT2D eigenvalue weighted by atomic mass is 19.1. The van der Waals surface area contributed by atoms with Gasteiger partial charge in [0.05, 0.1) is 5.56 Å². The summed E-state index contributed by atoms with van der Waals surface area (Å²) in [5.74, 6) is 0.0503. The molecular weight excluding hydrogens is 395 g/mol. The van der Waals surface area contributed by atoms with Crippen LogP contribution in [0.2, 0.25) is 0 Å². The van der Waals surface area contributed by atoms with Crippen molar-refractivity contribution in [3.8, 4) is 0 Å². The van der Waals surface area contributed by atoms with E-state index in [1.807, 2.05) is 24.3 Å². The predicted molar refractivity (Wildman–Crippen MR) is 118 cm³/mol. The second-order valence-corrected chi connectivity index (χ2v) is 7.15. The molecule has 0 atom stereocenters. The number of ether oxygens (including phenoxy) is 1. The summed E-state index contributed by atoms with van der Waals surface area (Å²) in [4.78, 5) is 21.5. The molecule has 31 heavy (non-hydrogen) atoms. The Morgan fingerprint density at radius 2 is 1.97 bits per heavy atom. The molecule has 2 N–H and O–H groups in total. The second-order valence-electron chi connectivity index (χ2n) is 7.15. The van der Waals surface area contributed by atoms with Gasteiger partial charge in [0.15, 0.2) is 0 Å². The molecule has 0 saturated carbocycles. The lowest BCUT2D eigenvalue weighted by atomic mass is 10.1. The minimum absolute atomic E-state index is 0.215. The molecule has 0 saturated heterocycles. The third kappa shape index (κ3) is 7.15. The number of methoxy groups -OCH3 is 1. The number of benzene rings is 1. The third-order valence-electron chi connectivity index (χ3n) is 4.75. The molecule has 3 rings (SSSR count). The molecule has 162 valence electrons. The van der Waals surface area contributed by atoms with Gasteiger partial charge in [-0.05, 0) is 60.7 Å². The number of halogens is 1. The summed E-state index contributed by atoms with van der Waals surface area (Å²) < 4.78 is 18.5. The first-order valence-corrected chi connectivity index (χ1v) is 10.3. The number of aryl methyl sites for hydroxylation is 1. The summed E-state index contributed by atoms with van der Waals surface area (Å²) in [7, 11) is 1.67. The van der Waals surface area contributed by atoms with Gasteiger partial charge >= 0.3 is 0 Å². The van der Waals surface area contributed by atoms with Crippen LogP contribution >= 0.6 is 0 Å². The third-order valence-corrected chi connectivity index (χ3v) is 4.75. The van der Waals surface area contributed by atoms with E-state index in [9.17, 15) is 9.18 Å². The van der Waals surface area contributed by atoms with Crippen LogP contribution < -0.4 is 10.6 Å². The average molecular weight is 423 g/mol. The summed E-state index contributed by atoms with van der Waals surface area (Å²) in [6.07, 6.45) is 5.63. The fourth-order valence-corrected chi connectivity index (χ4v) is 3.15. The smallest absolute Gasteiger partial charge is 0.255 e. The maximum atomic E-state index is 13.4. The Morgan fingerprint density at radius 1 is 1.10 bits per heavy atom. The average Bonchev–Trinajstić information content (AvgIpc) is 2.79. The Labute approximate surface area is 181 Å². The molecule has 0 unspecified atom stereocenters. The Morgan fingerprint density at radius 3 is 2.74 bits per heavy atom. The van der Waals surface area contributed by atoms with Gasteiger partial charge in [-0.15, -0.1) is 0 Å². The van der Waals surface area contributed by atoms with Crippen LogP contribution in [0.1, 0.15) is 33.6 Å². The lowest BCUT2D eigenvalue weighted by Gasteiger charge is -2.13. The molecule has 1 aromatic carbocycles. The quantitative estimate of drug-likeness (QED) is 0.460. The van der Waals surface area contributed by atoms with Crippen LogP contribution in [0.5, 0.6) is 0 Å². The fourth-order valence-electron chi connectivity index (χ4n) is 3.15. The monoisotopic (exact) mass is 422 g/mol. The minimum atomic E-state index is -0.258. The number of hydrogen-bond acceptors (Lipinski definition) is 5. The van der Waals surface area contributed by atoms with E-state index in [1.54, 1.807) is 31.6 Å². The van der Waals surface area contributed by atoms with Gasteiger partial charge in [0.2, 0.25) is 0 Å². The standard InChI is InChI=1S/C24H27FN4O2/c1-31-14-4-8-21-9-10-22(24(30)28-17-19-6-3-12-26-16-19)23(29-21)27-13-11-18-5-2-7-20(25)15-18/h2-3,5-7,9-10,12,15-16H,4,8,11,13-14,17H2,1H3,(H,27,29)(H,28,30). The van der Waals surface area contributed by atoms with Crippen molar-refractivity contribution < 1.29 is 13.9 Å². The number of hydrogen-bond donors (Lipinski definition) is 2. The topological polar surface area (TPSA) is 76.1 Å². The molecule has 2 aromatic heterocycles. The number of nitrogens with one attached hydrogen (secondary N) is 2. The van der Waals surface area contributed by atoms with Crippen molar-refractivity contribution in [1.29, 1.82) is 0 Å². The highest BCUT2D eigenvalue weighted by Gasteiger charge is 2.14. The van der Waals surface area contributed by atoms with Crippen LogP contribution in [0.25, 0.3) is 0 Å². The Kier molecular flexibility index (Phi) is 8.48. The maximum Gasteiger partial charge on any atom is 0.255 e. The normalized spacial score (nSPS) is 10.6. The van der Waals surface area contributed by atoms with Gasteiger partial charge in [-0.3, -0.25) is 9.78 Å². The van der Waals surface area contributed by atoms with Crippen molar-refractivity contribution in [3.63, 3.8) is 0 Å². The van der Waals surface area contributed by atoms with Crippen LogP contribution in [-0.4, -0.2) is 36.1 Å². The van der Waals surface area contributed by atoms with Crippen LogP contribution in [0.4, 0.5) is 10.2 Å². The largest absolute Gasteiger partial charge is 0.385 e. The molecule has 1 amide bonds. The summed E-state index contributed by atoms with van der Waals surface area (Å²) in [6.45, 7) is 1.56. The first-order chi connectivity index (χ1) is 15.2. The predicted octanol–water partition coefficient (Wildman–Crippen LogP) is 3.78. The fraction of sp³-hybridized carbons (Fsp3) is 0.292. The van der Waals surface area contributed by atoms with E-state index in [0.717, 1.165) is 29.7 Å². The number of carbonyl (C=O) groups is 1. The zero-order chi connectivity index (χ0) is 21.9. The van der Waals surface area contributed by atoms with Crippen molar-refractivity contribution in [3.05, 3.63) is 89.1 Å². The van der Waals surface area contributed by atoms with Crippen molar-refractivity contribution >= 4 is 11.7 Å². The van der Waals surface area contributed by atoms with Crippen LogP contribution in [0.15, 0.2) is 60.9 Å². The van der Waals surface area contributed by atoms with Crippen molar-refractivity contribution in [2.24, 2.45) is 0 Å². The summed E-state index contributed by atoms with van der Waals surface area (Å²) in [5.41, 5.74) is 3.15. The van der Waals surface area contributed by atoms with Gasteiger partial charge in [-0.25, -0.2) is 9.37 Å². The van der Waals surface area contributed by atoms with Crippen LogP contribution in [0, 0.1) is 5.82 Å². The molecular formula is C24H27FN4O2. The first kappa shape index (κ1) is 22.4. The van der Waals surface area contributed by atoms with Crippen molar-refractivity contribution in [2.45, 2.75) is 25.8 Å². The highest BCUT2D eigenvalue weighted by Crippen LogP contribution is 2.16. The van der Waals surface area contributed by atoms with E-state index in [-0.39, 0.29) is 11.7 Å². The number of nitrogens with zero attached hydrogens (tertiary/aromatic N) is 2. The Bertz CT molecular complexity index is 982. The number of aromatic nitrogens is 2. The van der Waals surface area contributed by atoms with E-state index >= 15 is 0 Å². The highest BCUT2D eigenvalue weighted by molar-refractivity contribution is 5.98. The molecule has 0 fully saturated rings. The lowest BCUT2D eigenvalue weighted by molar-refractivity contribution is 0.0951. The molecule has 0 radical (unpaired) electrons. The molecule has 0 spiro atoms. The van der Waals surface area contributed by atoms with Crippen LogP contribution in [0.3, 0.4) is 0 Å². The molecule has 7 heteroatoms. The number of amides is 1. The summed E-state index contributed by atoms with van der Waals surface area (Å²) in [6, 6.07) is 13.9. The SMILES string of the molecule is COCCCc1ccc(C(=O)NCc2cccnc2)c(NCCc2cccc(F)c2)n1. The van der Waals surface area contributed by atoms with Crippen LogP contribution in [-0.2, 0) is 24.1 Å². The summed E-state index contributed by atoms with van der Waals surface area (Å²) >= 11 is 0. The Hall–Kier alpha value is -3.32. The van der Waals surface area contributed by atoms with Gasteiger partial charge in [0, 0.05) is 44.9 Å². The van der Waals surface area contributed by atoms with E-state index < -0.39 is 0 Å². The molecule has 0 aliphatic heterocycles. The first-order valence-electron chi connectivity index (χ1n) is 10.3. The molecule has 3 aromatic rings. The second kappa shape index (κ2) is 11.8. The zero-order valence-electron chi connectivity index (χ0n) is 17.6. The van der Waals surface area contributed by atoms with E-state index in [0.29, 0.717) is 37.5 Å². The number of carbonyl (C=O) groups excluding carboxylic acids is 1. The van der Waals surface area contributed by atoms with Gasteiger partial charge in [-0.2, -0.15) is 0 Å². The van der Waals surface area contributed by atoms with Crippen molar-refractivity contribution in [1.82, 2.24) is 15.3 Å². The molecule has 6 nitrogen and oxygen atoms in total. The van der Waals surface area contributed by atoms with Gasteiger partial charge in [0.25, 0.3) is 5.91 Å². The van der Waals surface area contributed by atoms with E-state index in [1.165, 1.54) is 12.1 Å². The van der Waals surface area contributed by atoms with Gasteiger partial charge in [-0.1, -0.05) is 18.2 Å². The molecule has 2 heterocycles. The zero-order valence-corrected chi connectivity index (χ0v) is 17.6. The number of rotatable bonds is 11. The van der Waals surface area contributed by atoms with Gasteiger partial charge < -0.3 is 15.4 Å². The van der Waals surface area contributed by atoms with Crippen molar-refractivity contribution in [2.75, 3.05) is 25.6 Å². The van der Waals surface area contributed by atoms with E-state index in [4.69, 9.17) is 4.74 Å². The van der Waals surface area contributed by atoms with Gasteiger partial charge in [0.1, 0.15) is 11.6 Å². The molecule has 0 aliphatic rings. The number of pyridine rings is 2. The van der Waals surface area contributed by atoms with E-state index in [2.05, 4.69) is 20.6 Å². The number of anilines is 1. The maximum absolute atomic E-state index is 13.4. The molecule has 0 aliphatic carbocycles. The molecule has 0 bridgehead atoms.